The Kier molecular flexibility index (Phi) is 6.36. The summed E-state index contributed by atoms with van der Waals surface area (Å²) in [6.45, 7) is 12.5. The second-order valence-electron chi connectivity index (χ2n) is 8.36. The molecule has 1 aromatic carbocycles. The zero-order valence-electron chi connectivity index (χ0n) is 16.8. The molecule has 2 aliphatic rings. The minimum absolute atomic E-state index is 0.0268. The zero-order valence-corrected chi connectivity index (χ0v) is 16.8. The third-order valence-corrected chi connectivity index (χ3v) is 5.82. The molecule has 0 radical (unpaired) electrons. The lowest BCUT2D eigenvalue weighted by Gasteiger charge is -2.40. The van der Waals surface area contributed by atoms with E-state index in [1.54, 1.807) is 0 Å². The van der Waals surface area contributed by atoms with Crippen molar-refractivity contribution in [3.05, 3.63) is 35.4 Å². The van der Waals surface area contributed by atoms with Crippen LogP contribution in [0, 0.1) is 18.8 Å². The number of carbonyl (C=O) groups excluding carboxylic acids is 1. The summed E-state index contributed by atoms with van der Waals surface area (Å²) in [5.41, 5.74) is 2.66. The fourth-order valence-corrected chi connectivity index (χ4v) is 4.35. The van der Waals surface area contributed by atoms with Crippen LogP contribution in [0.4, 0.5) is 0 Å². The predicted molar refractivity (Wildman–Crippen MR) is 105 cm³/mol. The molecule has 2 fully saturated rings. The number of rotatable bonds is 7. The molecule has 3 atom stereocenters. The van der Waals surface area contributed by atoms with Gasteiger partial charge in [0.25, 0.3) is 0 Å². The largest absolute Gasteiger partial charge is 0.356 e. The third-order valence-electron chi connectivity index (χ3n) is 5.82. The molecule has 0 aliphatic carbocycles. The van der Waals surface area contributed by atoms with Crippen LogP contribution in [-0.4, -0.2) is 47.7 Å². The Morgan fingerprint density at radius 3 is 2.65 bits per heavy atom. The maximum Gasteiger partial charge on any atom is 0.224 e. The van der Waals surface area contributed by atoms with Crippen molar-refractivity contribution in [2.24, 2.45) is 11.8 Å². The van der Waals surface area contributed by atoms with E-state index in [9.17, 15) is 4.79 Å². The molecule has 4 nitrogen and oxygen atoms in total. The second kappa shape index (κ2) is 8.53. The van der Waals surface area contributed by atoms with E-state index < -0.39 is 0 Å². The van der Waals surface area contributed by atoms with Gasteiger partial charge in [-0.3, -0.25) is 9.69 Å². The number of amides is 1. The minimum atomic E-state index is -0.0268. The topological polar surface area (TPSA) is 32.8 Å². The molecule has 0 saturated carbocycles. The summed E-state index contributed by atoms with van der Waals surface area (Å²) in [6.07, 6.45) is 2.72. The summed E-state index contributed by atoms with van der Waals surface area (Å²) in [5.74, 6) is 1.14. The maximum absolute atomic E-state index is 12.5. The molecule has 0 aromatic heterocycles. The number of carbonyl (C=O) groups is 1. The summed E-state index contributed by atoms with van der Waals surface area (Å²) >= 11 is 0. The Morgan fingerprint density at radius 1 is 1.27 bits per heavy atom. The number of hydrogen-bond acceptors (Lipinski definition) is 3. The summed E-state index contributed by atoms with van der Waals surface area (Å²) in [6, 6.07) is 9.08. The number of nitrogens with zero attached hydrogens (tertiary/aromatic N) is 2. The van der Waals surface area contributed by atoms with Crippen LogP contribution in [0.1, 0.15) is 51.2 Å². The Hall–Kier alpha value is -1.39. The Labute approximate surface area is 158 Å². The van der Waals surface area contributed by atoms with Crippen molar-refractivity contribution in [3.8, 4) is 0 Å². The van der Waals surface area contributed by atoms with Gasteiger partial charge in [0.15, 0.2) is 0 Å². The molecule has 1 unspecified atom stereocenters. The first-order valence-electron chi connectivity index (χ1n) is 10.2. The third kappa shape index (κ3) is 4.29. The molecule has 3 rings (SSSR count). The molecule has 144 valence electrons. The molecule has 2 aliphatic heterocycles. The minimum Gasteiger partial charge on any atom is -0.356 e. The van der Waals surface area contributed by atoms with Gasteiger partial charge in [-0.25, -0.2) is 0 Å². The molecular weight excluding hydrogens is 324 g/mol. The van der Waals surface area contributed by atoms with Crippen molar-refractivity contribution < 1.29 is 9.53 Å². The van der Waals surface area contributed by atoms with E-state index in [2.05, 4.69) is 61.8 Å². The SMILES string of the molecule is CCCN(Cc1ccc(C)cc1)C[C@H]1CCC(=O)N2C(C(C)C)CO[C@@H]12. The van der Waals surface area contributed by atoms with E-state index >= 15 is 0 Å². The molecule has 1 aromatic rings. The van der Waals surface area contributed by atoms with Gasteiger partial charge >= 0.3 is 0 Å². The Morgan fingerprint density at radius 2 is 2.00 bits per heavy atom. The fourth-order valence-electron chi connectivity index (χ4n) is 4.35. The molecular formula is C22H34N2O2. The molecule has 0 bridgehead atoms. The highest BCUT2D eigenvalue weighted by molar-refractivity contribution is 5.78. The maximum atomic E-state index is 12.5. The predicted octanol–water partition coefficient (Wildman–Crippen LogP) is 3.83. The first-order valence-corrected chi connectivity index (χ1v) is 10.2. The fraction of sp³-hybridized carbons (Fsp3) is 0.682. The molecule has 26 heavy (non-hydrogen) atoms. The molecule has 2 saturated heterocycles. The number of benzene rings is 1. The molecule has 0 N–H and O–H groups in total. The van der Waals surface area contributed by atoms with Crippen molar-refractivity contribution in [1.29, 1.82) is 0 Å². The van der Waals surface area contributed by atoms with E-state index in [1.807, 2.05) is 0 Å². The first-order chi connectivity index (χ1) is 12.5. The van der Waals surface area contributed by atoms with Gasteiger partial charge in [0.2, 0.25) is 5.91 Å². The van der Waals surface area contributed by atoms with Crippen LogP contribution in [0.3, 0.4) is 0 Å². The lowest BCUT2D eigenvalue weighted by molar-refractivity contribution is -0.148. The second-order valence-corrected chi connectivity index (χ2v) is 8.36. The van der Waals surface area contributed by atoms with Gasteiger partial charge in [0.1, 0.15) is 6.23 Å². The molecule has 2 heterocycles. The van der Waals surface area contributed by atoms with Crippen molar-refractivity contribution in [2.45, 2.75) is 65.8 Å². The Balaban J connectivity index is 1.68. The standard InChI is InChI=1S/C22H34N2O2/c1-5-12-23(13-18-8-6-17(4)7-9-18)14-19-10-11-21(25)24-20(16(2)3)15-26-22(19)24/h6-9,16,19-20,22H,5,10-15H2,1-4H3/t19-,20?,22+/m1/s1. The normalized spacial score (nSPS) is 26.0. The lowest BCUT2D eigenvalue weighted by Crippen LogP contribution is -2.52. The van der Waals surface area contributed by atoms with Crippen LogP contribution in [0.25, 0.3) is 0 Å². The summed E-state index contributed by atoms with van der Waals surface area (Å²) < 4.78 is 6.14. The number of hydrogen-bond donors (Lipinski definition) is 0. The molecule has 1 amide bonds. The van der Waals surface area contributed by atoms with Crippen molar-refractivity contribution in [1.82, 2.24) is 9.80 Å². The summed E-state index contributed by atoms with van der Waals surface area (Å²) in [5, 5.41) is 0. The highest BCUT2D eigenvalue weighted by Crippen LogP contribution is 2.35. The van der Waals surface area contributed by atoms with Gasteiger partial charge in [0.05, 0.1) is 12.6 Å². The smallest absolute Gasteiger partial charge is 0.224 e. The van der Waals surface area contributed by atoms with Crippen molar-refractivity contribution in [2.75, 3.05) is 19.7 Å². The highest BCUT2D eigenvalue weighted by atomic mass is 16.5. The highest BCUT2D eigenvalue weighted by Gasteiger charge is 2.46. The number of aryl methyl sites for hydroxylation is 1. The molecule has 0 spiro atoms. The Bertz CT molecular complexity index is 599. The van der Waals surface area contributed by atoms with Gasteiger partial charge in [0, 0.05) is 25.4 Å². The van der Waals surface area contributed by atoms with Crippen LogP contribution in [0.2, 0.25) is 0 Å². The van der Waals surface area contributed by atoms with Gasteiger partial charge in [-0.1, -0.05) is 50.6 Å². The first kappa shape index (κ1) is 19.4. The van der Waals surface area contributed by atoms with Crippen LogP contribution in [-0.2, 0) is 16.1 Å². The van der Waals surface area contributed by atoms with E-state index in [4.69, 9.17) is 4.74 Å². The van der Waals surface area contributed by atoms with Crippen LogP contribution < -0.4 is 0 Å². The van der Waals surface area contributed by atoms with E-state index in [1.165, 1.54) is 11.1 Å². The lowest BCUT2D eigenvalue weighted by atomic mass is 9.92. The van der Waals surface area contributed by atoms with Gasteiger partial charge in [-0.05, 0) is 37.8 Å². The van der Waals surface area contributed by atoms with E-state index in [0.717, 1.165) is 32.5 Å². The van der Waals surface area contributed by atoms with Gasteiger partial charge in [-0.15, -0.1) is 0 Å². The van der Waals surface area contributed by atoms with Crippen LogP contribution in [0.5, 0.6) is 0 Å². The average molecular weight is 359 g/mol. The van der Waals surface area contributed by atoms with Gasteiger partial charge < -0.3 is 9.64 Å². The van der Waals surface area contributed by atoms with Crippen LogP contribution in [0.15, 0.2) is 24.3 Å². The molecule has 4 heteroatoms. The monoisotopic (exact) mass is 358 g/mol. The number of ether oxygens (including phenoxy) is 1. The average Bonchev–Trinajstić information content (AvgIpc) is 3.06. The van der Waals surface area contributed by atoms with Crippen molar-refractivity contribution in [3.63, 3.8) is 0 Å². The van der Waals surface area contributed by atoms with E-state index in [-0.39, 0.29) is 18.2 Å². The summed E-state index contributed by atoms with van der Waals surface area (Å²) in [4.78, 5) is 17.1. The quantitative estimate of drug-likeness (QED) is 0.743. The number of piperidine rings is 1. The number of fused-ring (bicyclic) bond motifs is 1. The van der Waals surface area contributed by atoms with Gasteiger partial charge in [-0.2, -0.15) is 0 Å². The zero-order chi connectivity index (χ0) is 18.7. The van der Waals surface area contributed by atoms with Crippen molar-refractivity contribution >= 4 is 5.91 Å². The van der Waals surface area contributed by atoms with E-state index in [0.29, 0.717) is 24.9 Å². The summed E-state index contributed by atoms with van der Waals surface area (Å²) in [7, 11) is 0. The van der Waals surface area contributed by atoms with Crippen LogP contribution >= 0.6 is 0 Å².